The summed E-state index contributed by atoms with van der Waals surface area (Å²) in [4.78, 5) is 35.4. The second-order valence-corrected chi connectivity index (χ2v) is 5.84. The van der Waals surface area contributed by atoms with Crippen LogP contribution in [-0.4, -0.2) is 58.2 Å². The maximum Gasteiger partial charge on any atom is 0.341 e. The van der Waals surface area contributed by atoms with Gasteiger partial charge in [-0.1, -0.05) is 17.3 Å². The number of ether oxygens (including phenoxy) is 1. The third-order valence-corrected chi connectivity index (χ3v) is 3.86. The number of nitrogens with two attached hydrogens (primary N) is 1. The fraction of sp³-hybridized carbons (Fsp3) is 0.158. The molecule has 0 fully saturated rings. The van der Waals surface area contributed by atoms with Gasteiger partial charge in [0.1, 0.15) is 11.8 Å². The number of carbonyl (C=O) groups excluding carboxylic acids is 2. The van der Waals surface area contributed by atoms with E-state index in [4.69, 9.17) is 20.8 Å². The first-order valence-corrected chi connectivity index (χ1v) is 8.34. The number of oxime groups is 1. The van der Waals surface area contributed by atoms with Crippen LogP contribution in [0.4, 0.5) is 0 Å². The summed E-state index contributed by atoms with van der Waals surface area (Å²) in [6.45, 7) is -1.14. The molecule has 0 aromatic heterocycles. The number of nitrogens with one attached hydrogen (secondary N) is 1. The Morgan fingerprint density at radius 1 is 1.00 bits per heavy atom. The summed E-state index contributed by atoms with van der Waals surface area (Å²) in [5.74, 6) is -2.10. The molecule has 2 aromatic rings. The smallest absolute Gasteiger partial charge is 0.341 e. The van der Waals surface area contributed by atoms with Gasteiger partial charge >= 0.3 is 5.97 Å². The van der Waals surface area contributed by atoms with E-state index in [2.05, 4.69) is 10.5 Å². The molecule has 0 aliphatic heterocycles. The molecule has 0 spiro atoms. The van der Waals surface area contributed by atoms with Gasteiger partial charge in [-0.05, 0) is 36.4 Å². The Kier molecular flexibility index (Phi) is 7.26. The Morgan fingerprint density at radius 3 is 2.07 bits per heavy atom. The van der Waals surface area contributed by atoms with Crippen molar-refractivity contribution in [1.29, 1.82) is 0 Å². The van der Waals surface area contributed by atoms with Crippen LogP contribution in [-0.2, 0) is 4.79 Å². The van der Waals surface area contributed by atoms with Crippen LogP contribution in [0.2, 0.25) is 0 Å². The molecule has 0 bridgehead atoms. The van der Waals surface area contributed by atoms with Crippen molar-refractivity contribution in [3.63, 3.8) is 0 Å². The lowest BCUT2D eigenvalue weighted by atomic mass is 10.0. The van der Waals surface area contributed by atoms with Crippen molar-refractivity contribution in [3.05, 3.63) is 65.2 Å². The summed E-state index contributed by atoms with van der Waals surface area (Å²) in [6, 6.07) is 10.2. The van der Waals surface area contributed by atoms with Gasteiger partial charge in [0.05, 0.1) is 6.61 Å². The summed E-state index contributed by atoms with van der Waals surface area (Å²) < 4.78 is 4.98. The van der Waals surface area contributed by atoms with E-state index in [0.29, 0.717) is 5.56 Å². The Labute approximate surface area is 165 Å². The van der Waals surface area contributed by atoms with E-state index in [9.17, 15) is 19.5 Å². The number of carbonyl (C=O) groups is 3. The number of ketones is 1. The molecule has 0 radical (unpaired) electrons. The maximum atomic E-state index is 12.5. The predicted molar refractivity (Wildman–Crippen MR) is 101 cm³/mol. The minimum absolute atomic E-state index is 0.115. The summed E-state index contributed by atoms with van der Waals surface area (Å²) in [6.07, 6.45) is 0. The highest BCUT2D eigenvalue weighted by atomic mass is 16.5. The topological polar surface area (TPSA) is 172 Å². The third kappa shape index (κ3) is 5.78. The van der Waals surface area contributed by atoms with E-state index in [0.717, 1.165) is 0 Å². The van der Waals surface area contributed by atoms with E-state index < -0.39 is 36.9 Å². The highest BCUT2D eigenvalue weighted by Crippen LogP contribution is 2.14. The van der Waals surface area contributed by atoms with Crippen molar-refractivity contribution in [2.45, 2.75) is 6.04 Å². The number of benzene rings is 2. The molecule has 10 nitrogen and oxygen atoms in total. The number of aliphatic carboxylic acids is 1. The molecule has 2 aromatic carbocycles. The normalized spacial score (nSPS) is 12.1. The van der Waals surface area contributed by atoms with E-state index in [-0.39, 0.29) is 22.7 Å². The average molecular weight is 401 g/mol. The van der Waals surface area contributed by atoms with E-state index >= 15 is 0 Å². The van der Waals surface area contributed by atoms with Crippen LogP contribution in [0.3, 0.4) is 0 Å². The molecule has 10 heteroatoms. The van der Waals surface area contributed by atoms with Gasteiger partial charge in [-0.3, -0.25) is 9.59 Å². The fourth-order valence-electron chi connectivity index (χ4n) is 2.35. The maximum absolute atomic E-state index is 12.5. The highest BCUT2D eigenvalue weighted by molar-refractivity contribution is 6.05. The summed E-state index contributed by atoms with van der Waals surface area (Å²) in [7, 11) is 0. The largest absolute Gasteiger partial charge is 0.482 e. The lowest BCUT2D eigenvalue weighted by molar-refractivity contribution is -0.139. The van der Waals surface area contributed by atoms with Crippen LogP contribution in [0.1, 0.15) is 26.3 Å². The number of hydrogen-bond acceptors (Lipinski definition) is 7. The summed E-state index contributed by atoms with van der Waals surface area (Å²) in [5.41, 5.74) is 6.28. The standard InChI is InChI=1S/C19H19N3O7/c20-18(22-28)12-1-3-13(4-2-12)19(27)21-15(9-23)17(26)11-5-7-14(8-6-11)29-10-16(24)25/h1-8,15,23,28H,9-10H2,(H2,20,22)(H,21,27)(H,24,25). The molecule has 0 aliphatic carbocycles. The quantitative estimate of drug-likeness (QED) is 0.130. The van der Waals surface area contributed by atoms with Crippen LogP contribution < -0.4 is 15.8 Å². The number of amidine groups is 1. The first kappa shape index (κ1) is 21.4. The molecule has 1 unspecified atom stereocenters. The van der Waals surface area contributed by atoms with Crippen molar-refractivity contribution in [1.82, 2.24) is 5.32 Å². The molecular formula is C19H19N3O7. The Hall–Kier alpha value is -3.92. The zero-order valence-electron chi connectivity index (χ0n) is 15.1. The number of amides is 1. The van der Waals surface area contributed by atoms with Crippen molar-refractivity contribution in [2.75, 3.05) is 13.2 Å². The molecule has 0 saturated carbocycles. The predicted octanol–water partition coefficient (Wildman–Crippen LogP) is 0.218. The fourth-order valence-corrected chi connectivity index (χ4v) is 2.35. The van der Waals surface area contributed by atoms with Gasteiger partial charge in [-0.25, -0.2) is 4.79 Å². The van der Waals surface area contributed by atoms with Crippen LogP contribution in [0.25, 0.3) is 0 Å². The number of aliphatic hydroxyl groups excluding tert-OH is 1. The summed E-state index contributed by atoms with van der Waals surface area (Å²) in [5, 5.41) is 32.0. The van der Waals surface area contributed by atoms with Crippen molar-refractivity contribution < 1.29 is 34.5 Å². The molecule has 29 heavy (non-hydrogen) atoms. The van der Waals surface area contributed by atoms with Gasteiger partial charge in [-0.15, -0.1) is 0 Å². The Bertz CT molecular complexity index is 908. The second kappa shape index (κ2) is 9.85. The van der Waals surface area contributed by atoms with Crippen LogP contribution in [0, 0.1) is 0 Å². The SMILES string of the molecule is N/C(=N\O)c1ccc(C(=O)NC(CO)C(=O)c2ccc(OCC(=O)O)cc2)cc1. The molecule has 0 aliphatic rings. The lowest BCUT2D eigenvalue weighted by Crippen LogP contribution is -2.43. The monoisotopic (exact) mass is 401 g/mol. The lowest BCUT2D eigenvalue weighted by Gasteiger charge is -2.16. The molecule has 2 rings (SSSR count). The van der Waals surface area contributed by atoms with Crippen LogP contribution >= 0.6 is 0 Å². The zero-order valence-corrected chi connectivity index (χ0v) is 15.1. The van der Waals surface area contributed by atoms with Gasteiger partial charge in [0, 0.05) is 16.7 Å². The van der Waals surface area contributed by atoms with Crippen molar-refractivity contribution >= 4 is 23.5 Å². The number of nitrogens with zero attached hydrogens (tertiary/aromatic N) is 1. The van der Waals surface area contributed by atoms with Gasteiger partial charge in [0.15, 0.2) is 18.2 Å². The number of hydrogen-bond donors (Lipinski definition) is 5. The zero-order chi connectivity index (χ0) is 21.4. The first-order chi connectivity index (χ1) is 13.8. The molecule has 0 heterocycles. The first-order valence-electron chi connectivity index (χ1n) is 8.34. The summed E-state index contributed by atoms with van der Waals surface area (Å²) >= 11 is 0. The van der Waals surface area contributed by atoms with E-state index in [1.165, 1.54) is 48.5 Å². The van der Waals surface area contributed by atoms with Crippen molar-refractivity contribution in [2.24, 2.45) is 10.9 Å². The Balaban J connectivity index is 2.05. The van der Waals surface area contributed by atoms with Gasteiger partial charge in [-0.2, -0.15) is 0 Å². The van der Waals surface area contributed by atoms with Gasteiger partial charge in [0.2, 0.25) is 0 Å². The Morgan fingerprint density at radius 2 is 1.55 bits per heavy atom. The molecule has 1 amide bonds. The number of rotatable bonds is 9. The number of carboxylic acids is 1. The average Bonchev–Trinajstić information content (AvgIpc) is 2.75. The second-order valence-electron chi connectivity index (χ2n) is 5.84. The van der Waals surface area contributed by atoms with Gasteiger partial charge in [0.25, 0.3) is 5.91 Å². The number of Topliss-reactive ketones (excluding diaryl/α,β-unsaturated/α-hetero) is 1. The van der Waals surface area contributed by atoms with E-state index in [1.54, 1.807) is 0 Å². The molecule has 1 atom stereocenters. The van der Waals surface area contributed by atoms with Gasteiger partial charge < -0.3 is 31.2 Å². The minimum Gasteiger partial charge on any atom is -0.482 e. The highest BCUT2D eigenvalue weighted by Gasteiger charge is 2.22. The minimum atomic E-state index is -1.18. The van der Waals surface area contributed by atoms with Crippen LogP contribution in [0.5, 0.6) is 5.75 Å². The number of aliphatic hydroxyl groups is 1. The van der Waals surface area contributed by atoms with Crippen molar-refractivity contribution in [3.8, 4) is 5.75 Å². The van der Waals surface area contributed by atoms with E-state index in [1.807, 2.05) is 0 Å². The third-order valence-electron chi connectivity index (χ3n) is 3.86. The molecule has 6 N–H and O–H groups in total. The number of carboxylic acid groups (broad SMARTS) is 1. The van der Waals surface area contributed by atoms with Crippen LogP contribution in [0.15, 0.2) is 53.7 Å². The molecule has 0 saturated heterocycles. The molecule has 152 valence electrons. The molecular weight excluding hydrogens is 382 g/mol.